The van der Waals surface area contributed by atoms with E-state index >= 15 is 0 Å². The zero-order chi connectivity index (χ0) is 15.3. The van der Waals surface area contributed by atoms with Gasteiger partial charge in [-0.05, 0) is 30.5 Å². The highest BCUT2D eigenvalue weighted by atomic mass is 32.2. The Morgan fingerprint density at radius 3 is 2.71 bits per heavy atom. The van der Waals surface area contributed by atoms with Crippen LogP contribution in [0.5, 0.6) is 0 Å². The lowest BCUT2D eigenvalue weighted by molar-refractivity contribution is 0.297. The van der Waals surface area contributed by atoms with Crippen LogP contribution in [0.4, 0.5) is 4.39 Å². The lowest BCUT2D eigenvalue weighted by Crippen LogP contribution is -2.28. The van der Waals surface area contributed by atoms with Crippen molar-refractivity contribution in [1.82, 2.24) is 4.72 Å². The van der Waals surface area contributed by atoms with E-state index in [4.69, 9.17) is 5.11 Å². The molecule has 0 atom stereocenters. The molecule has 2 rings (SSSR count). The van der Waals surface area contributed by atoms with Crippen molar-refractivity contribution in [2.45, 2.75) is 30.6 Å². The van der Waals surface area contributed by atoms with Gasteiger partial charge >= 0.3 is 0 Å². The van der Waals surface area contributed by atoms with Gasteiger partial charge in [-0.1, -0.05) is 31.1 Å². The SMILES string of the molecule is O=S(=O)(NCCC1CCC1)c1ccc(C#CCO)cc1F. The summed E-state index contributed by atoms with van der Waals surface area (Å²) in [5.74, 6) is 4.67. The van der Waals surface area contributed by atoms with E-state index in [1.165, 1.54) is 18.6 Å². The summed E-state index contributed by atoms with van der Waals surface area (Å²) in [6.07, 6.45) is 4.30. The quantitative estimate of drug-likeness (QED) is 0.812. The Balaban J connectivity index is 2.04. The number of halogens is 1. The molecule has 1 fully saturated rings. The molecule has 1 aromatic carbocycles. The van der Waals surface area contributed by atoms with Gasteiger partial charge in [0.1, 0.15) is 17.3 Å². The molecule has 0 aromatic heterocycles. The summed E-state index contributed by atoms with van der Waals surface area (Å²) in [6, 6.07) is 3.68. The number of nitrogens with one attached hydrogen (secondary N) is 1. The predicted octanol–water partition coefficient (Wildman–Crippen LogP) is 1.64. The molecule has 1 aliphatic carbocycles. The lowest BCUT2D eigenvalue weighted by Gasteiger charge is -2.25. The fourth-order valence-electron chi connectivity index (χ4n) is 2.19. The van der Waals surface area contributed by atoms with Crippen molar-refractivity contribution in [3.8, 4) is 11.8 Å². The highest BCUT2D eigenvalue weighted by Gasteiger charge is 2.21. The van der Waals surface area contributed by atoms with Crippen molar-refractivity contribution < 1.29 is 17.9 Å². The maximum absolute atomic E-state index is 13.9. The molecule has 0 heterocycles. The number of benzene rings is 1. The summed E-state index contributed by atoms with van der Waals surface area (Å²) in [4.78, 5) is -0.370. The molecular weight excluding hydrogens is 293 g/mol. The van der Waals surface area contributed by atoms with E-state index in [2.05, 4.69) is 16.6 Å². The van der Waals surface area contributed by atoms with Gasteiger partial charge < -0.3 is 5.11 Å². The lowest BCUT2D eigenvalue weighted by atomic mass is 9.83. The van der Waals surface area contributed by atoms with E-state index in [1.807, 2.05) is 0 Å². The molecule has 2 N–H and O–H groups in total. The minimum Gasteiger partial charge on any atom is -0.384 e. The van der Waals surface area contributed by atoms with Crippen LogP contribution in [0.1, 0.15) is 31.2 Å². The van der Waals surface area contributed by atoms with Gasteiger partial charge in [-0.25, -0.2) is 17.5 Å². The topological polar surface area (TPSA) is 66.4 Å². The van der Waals surface area contributed by atoms with Gasteiger partial charge in [0.15, 0.2) is 0 Å². The Bertz CT molecular complexity index is 657. The normalized spacial score (nSPS) is 15.1. The Labute approximate surface area is 124 Å². The van der Waals surface area contributed by atoms with E-state index < -0.39 is 15.8 Å². The molecule has 0 aliphatic heterocycles. The fourth-order valence-corrected chi connectivity index (χ4v) is 3.30. The molecule has 1 saturated carbocycles. The van der Waals surface area contributed by atoms with Gasteiger partial charge in [-0.3, -0.25) is 0 Å². The van der Waals surface area contributed by atoms with Crippen LogP contribution in [0.2, 0.25) is 0 Å². The number of sulfonamides is 1. The second-order valence-corrected chi connectivity index (χ2v) is 6.82. The maximum Gasteiger partial charge on any atom is 0.243 e. The molecule has 4 nitrogen and oxygen atoms in total. The first-order chi connectivity index (χ1) is 10.0. The Kier molecular flexibility index (Phi) is 5.34. The molecule has 114 valence electrons. The average molecular weight is 311 g/mol. The molecule has 21 heavy (non-hydrogen) atoms. The summed E-state index contributed by atoms with van der Waals surface area (Å²) in [6.45, 7) is 0.00288. The van der Waals surface area contributed by atoms with E-state index in [9.17, 15) is 12.8 Å². The first kappa shape index (κ1) is 16.0. The molecule has 6 heteroatoms. The number of aliphatic hydroxyl groups excluding tert-OH is 1. The standard InChI is InChI=1S/C15H18FNO3S/c16-14-11-13(5-2-10-18)6-7-15(14)21(19,20)17-9-8-12-3-1-4-12/h6-7,11-12,17-18H,1,3-4,8-10H2. The molecule has 0 spiro atoms. The van der Waals surface area contributed by atoms with Crippen molar-refractivity contribution in [2.75, 3.05) is 13.2 Å². The van der Waals surface area contributed by atoms with Crippen LogP contribution >= 0.6 is 0 Å². The Morgan fingerprint density at radius 2 is 2.14 bits per heavy atom. The van der Waals surface area contributed by atoms with Crippen molar-refractivity contribution in [1.29, 1.82) is 0 Å². The summed E-state index contributed by atoms with van der Waals surface area (Å²) in [7, 11) is -3.83. The van der Waals surface area contributed by atoms with Gasteiger partial charge in [-0.15, -0.1) is 0 Å². The number of hydrogen-bond acceptors (Lipinski definition) is 3. The molecule has 0 unspecified atom stereocenters. The van der Waals surface area contributed by atoms with Gasteiger partial charge in [0.05, 0.1) is 0 Å². The minimum absolute atomic E-state index is 0.329. The van der Waals surface area contributed by atoms with E-state index in [0.717, 1.165) is 25.3 Å². The number of hydrogen-bond donors (Lipinski definition) is 2. The zero-order valence-electron chi connectivity index (χ0n) is 11.6. The monoisotopic (exact) mass is 311 g/mol. The average Bonchev–Trinajstić information content (AvgIpc) is 2.39. The predicted molar refractivity (Wildman–Crippen MR) is 77.5 cm³/mol. The van der Waals surface area contributed by atoms with Gasteiger partial charge in [0, 0.05) is 12.1 Å². The van der Waals surface area contributed by atoms with Crippen molar-refractivity contribution in [3.63, 3.8) is 0 Å². The third-order valence-electron chi connectivity index (χ3n) is 3.60. The first-order valence-corrected chi connectivity index (χ1v) is 8.40. The molecule has 0 amide bonds. The third kappa shape index (κ3) is 4.27. The van der Waals surface area contributed by atoms with Crippen molar-refractivity contribution in [3.05, 3.63) is 29.6 Å². The van der Waals surface area contributed by atoms with Crippen LogP contribution in [-0.4, -0.2) is 26.7 Å². The highest BCUT2D eigenvalue weighted by Crippen LogP contribution is 2.29. The number of aliphatic hydroxyl groups is 1. The van der Waals surface area contributed by atoms with Crippen LogP contribution in [0.15, 0.2) is 23.1 Å². The summed E-state index contributed by atoms with van der Waals surface area (Å²) >= 11 is 0. The van der Waals surface area contributed by atoms with Crippen LogP contribution < -0.4 is 4.72 Å². The third-order valence-corrected chi connectivity index (χ3v) is 5.10. The Morgan fingerprint density at radius 1 is 1.38 bits per heavy atom. The van der Waals surface area contributed by atoms with E-state index in [-0.39, 0.29) is 11.5 Å². The van der Waals surface area contributed by atoms with Gasteiger partial charge in [-0.2, -0.15) is 0 Å². The molecule has 1 aromatic rings. The Hall–Kier alpha value is -1.42. The molecule has 0 radical (unpaired) electrons. The maximum atomic E-state index is 13.9. The van der Waals surface area contributed by atoms with Crippen molar-refractivity contribution >= 4 is 10.0 Å². The molecule has 0 saturated heterocycles. The van der Waals surface area contributed by atoms with Crippen LogP contribution in [0.25, 0.3) is 0 Å². The van der Waals surface area contributed by atoms with Gasteiger partial charge in [0.2, 0.25) is 10.0 Å². The summed E-state index contributed by atoms with van der Waals surface area (Å²) < 4.78 is 40.4. The first-order valence-electron chi connectivity index (χ1n) is 6.92. The van der Waals surface area contributed by atoms with E-state index in [0.29, 0.717) is 18.0 Å². The highest BCUT2D eigenvalue weighted by molar-refractivity contribution is 7.89. The zero-order valence-corrected chi connectivity index (χ0v) is 12.4. The fraction of sp³-hybridized carbons (Fsp3) is 0.467. The molecule has 1 aliphatic rings. The molecule has 0 bridgehead atoms. The summed E-state index contributed by atoms with van der Waals surface area (Å²) in [5.41, 5.74) is 0.329. The van der Waals surface area contributed by atoms with Crippen LogP contribution in [-0.2, 0) is 10.0 Å². The number of rotatable bonds is 5. The summed E-state index contributed by atoms with van der Waals surface area (Å²) in [5, 5.41) is 8.57. The molecular formula is C15H18FNO3S. The van der Waals surface area contributed by atoms with Crippen LogP contribution in [0, 0.1) is 23.6 Å². The minimum atomic E-state index is -3.83. The second-order valence-electron chi connectivity index (χ2n) is 5.09. The second kappa shape index (κ2) is 7.03. The van der Waals surface area contributed by atoms with Gasteiger partial charge in [0.25, 0.3) is 0 Å². The van der Waals surface area contributed by atoms with Crippen molar-refractivity contribution in [2.24, 2.45) is 5.92 Å². The van der Waals surface area contributed by atoms with Crippen LogP contribution in [0.3, 0.4) is 0 Å². The van der Waals surface area contributed by atoms with E-state index in [1.54, 1.807) is 0 Å². The smallest absolute Gasteiger partial charge is 0.243 e. The largest absolute Gasteiger partial charge is 0.384 e.